The summed E-state index contributed by atoms with van der Waals surface area (Å²) in [5.41, 5.74) is 6.01. The topological polar surface area (TPSA) is 4.93 Å². The third kappa shape index (κ3) is 2.78. The molecule has 4 rings (SSSR count). The zero-order chi connectivity index (χ0) is 16.0. The Kier molecular flexibility index (Phi) is 3.67. The fraction of sp³-hybridized carbons (Fsp3) is 0.100. The summed E-state index contributed by atoms with van der Waals surface area (Å²) < 4.78 is 4.36. The number of halogens is 2. The maximum absolute atomic E-state index is 3.53. The van der Waals surface area contributed by atoms with Gasteiger partial charge in [0.2, 0.25) is 0 Å². The Labute approximate surface area is 152 Å². The lowest BCUT2D eigenvalue weighted by Crippen LogP contribution is -1.91. The van der Waals surface area contributed by atoms with Crippen molar-refractivity contribution in [1.82, 2.24) is 4.57 Å². The number of hydrogen-bond acceptors (Lipinski definition) is 0. The van der Waals surface area contributed by atoms with Crippen LogP contribution in [0.5, 0.6) is 0 Å². The maximum atomic E-state index is 3.53. The first-order chi connectivity index (χ1) is 11.1. The van der Waals surface area contributed by atoms with E-state index in [2.05, 4.69) is 104 Å². The second-order valence-corrected chi connectivity index (χ2v) is 7.56. The molecule has 0 radical (unpaired) electrons. The molecule has 112 valence electrons. The number of nitrogens with zero attached hydrogens (tertiary/aromatic N) is 1. The number of rotatable bonds is 0. The Morgan fingerprint density at radius 2 is 1.74 bits per heavy atom. The number of aryl methyl sites for hydroxylation is 1. The Morgan fingerprint density at radius 1 is 0.957 bits per heavy atom. The first kappa shape index (κ1) is 14.8. The molecular weight excluding hydrogens is 414 g/mol. The molecule has 0 atom stereocenters. The van der Waals surface area contributed by atoms with Gasteiger partial charge in [-0.15, -0.1) is 0 Å². The molecule has 0 N–H and O–H groups in total. The Bertz CT molecular complexity index is 1030. The summed E-state index contributed by atoms with van der Waals surface area (Å²) in [5.74, 6) is 6.67. The minimum absolute atomic E-state index is 0.914. The van der Waals surface area contributed by atoms with Crippen molar-refractivity contribution in [2.75, 3.05) is 0 Å². The summed E-state index contributed by atoms with van der Waals surface area (Å²) >= 11 is 7.06. The van der Waals surface area contributed by atoms with Crippen LogP contribution in [-0.4, -0.2) is 4.57 Å². The van der Waals surface area contributed by atoms with Crippen molar-refractivity contribution in [2.24, 2.45) is 7.05 Å². The lowest BCUT2D eigenvalue weighted by molar-refractivity contribution is 0.951. The van der Waals surface area contributed by atoms with Crippen LogP contribution >= 0.6 is 31.9 Å². The van der Waals surface area contributed by atoms with Crippen LogP contribution in [0.2, 0.25) is 0 Å². The van der Waals surface area contributed by atoms with Gasteiger partial charge in [-0.2, -0.15) is 0 Å². The zero-order valence-corrected chi connectivity index (χ0v) is 15.7. The van der Waals surface area contributed by atoms with Crippen LogP contribution in [0.15, 0.2) is 57.0 Å². The highest BCUT2D eigenvalue weighted by atomic mass is 79.9. The van der Waals surface area contributed by atoms with Crippen molar-refractivity contribution in [3.8, 4) is 11.8 Å². The molecule has 3 aromatic rings. The number of hydrogen-bond donors (Lipinski definition) is 0. The molecule has 0 bridgehead atoms. The van der Waals surface area contributed by atoms with Crippen LogP contribution in [-0.2, 0) is 13.5 Å². The van der Waals surface area contributed by atoms with E-state index in [0.717, 1.165) is 21.1 Å². The van der Waals surface area contributed by atoms with Gasteiger partial charge >= 0.3 is 0 Å². The van der Waals surface area contributed by atoms with E-state index in [4.69, 9.17) is 0 Å². The summed E-state index contributed by atoms with van der Waals surface area (Å²) in [7, 11) is 2.06. The van der Waals surface area contributed by atoms with E-state index in [0.29, 0.717) is 0 Å². The van der Waals surface area contributed by atoms with Crippen LogP contribution in [0.25, 0.3) is 17.0 Å². The fourth-order valence-corrected chi connectivity index (χ4v) is 3.72. The van der Waals surface area contributed by atoms with Crippen molar-refractivity contribution in [3.63, 3.8) is 0 Å². The molecule has 0 spiro atoms. The van der Waals surface area contributed by atoms with Gasteiger partial charge in [-0.05, 0) is 53.5 Å². The molecule has 0 saturated carbocycles. The highest BCUT2D eigenvalue weighted by molar-refractivity contribution is 9.10. The van der Waals surface area contributed by atoms with Crippen molar-refractivity contribution < 1.29 is 0 Å². The van der Waals surface area contributed by atoms with Crippen LogP contribution in [0, 0.1) is 11.8 Å². The lowest BCUT2D eigenvalue weighted by atomic mass is 10.1. The zero-order valence-electron chi connectivity index (χ0n) is 12.5. The minimum Gasteiger partial charge on any atom is -0.337 e. The minimum atomic E-state index is 0.914. The Morgan fingerprint density at radius 3 is 2.61 bits per heavy atom. The quantitative estimate of drug-likeness (QED) is 0.406. The van der Waals surface area contributed by atoms with Crippen molar-refractivity contribution >= 4 is 48.8 Å². The largest absolute Gasteiger partial charge is 0.337 e. The molecule has 1 aliphatic carbocycles. The molecule has 23 heavy (non-hydrogen) atoms. The Hall–Kier alpha value is -1.76. The summed E-state index contributed by atoms with van der Waals surface area (Å²) in [4.78, 5) is 0. The molecule has 0 amide bonds. The summed E-state index contributed by atoms with van der Waals surface area (Å²) in [5, 5.41) is 1.22. The molecule has 0 fully saturated rings. The normalized spacial score (nSPS) is 12.7. The molecule has 1 aromatic heterocycles. The first-order valence-electron chi connectivity index (χ1n) is 7.36. The fourth-order valence-electron chi connectivity index (χ4n) is 2.96. The molecular formula is C20H13Br2N. The molecule has 1 aliphatic rings. The van der Waals surface area contributed by atoms with Crippen molar-refractivity contribution in [2.45, 2.75) is 6.42 Å². The molecule has 1 nitrogen and oxygen atoms in total. The van der Waals surface area contributed by atoms with Gasteiger partial charge in [0.05, 0.1) is 5.69 Å². The standard InChI is InChI=1S/C20H13Br2N/c1-23-19(11-15-4-6-18(22)12-20(15)23)7-2-13-8-14-3-5-17(21)10-16(14)9-13/h3-6,8,10-12H,9H2,1H3. The molecule has 3 heteroatoms. The molecule has 0 unspecified atom stereocenters. The van der Waals surface area contributed by atoms with E-state index in [1.54, 1.807) is 0 Å². The van der Waals surface area contributed by atoms with Crippen molar-refractivity contribution in [3.05, 3.63) is 73.8 Å². The van der Waals surface area contributed by atoms with Gasteiger partial charge in [0, 0.05) is 38.9 Å². The van der Waals surface area contributed by atoms with E-state index in [9.17, 15) is 0 Å². The predicted octanol–water partition coefficient (Wildman–Crippen LogP) is 5.69. The second-order valence-electron chi connectivity index (χ2n) is 5.73. The number of allylic oxidation sites excluding steroid dienone is 1. The van der Waals surface area contributed by atoms with Crippen LogP contribution in [0.1, 0.15) is 16.8 Å². The van der Waals surface area contributed by atoms with Gasteiger partial charge in [-0.3, -0.25) is 0 Å². The molecule has 0 aliphatic heterocycles. The number of benzene rings is 2. The van der Waals surface area contributed by atoms with Gasteiger partial charge in [0.25, 0.3) is 0 Å². The molecule has 1 heterocycles. The third-order valence-electron chi connectivity index (χ3n) is 4.17. The highest BCUT2D eigenvalue weighted by Crippen LogP contribution is 2.27. The van der Waals surface area contributed by atoms with E-state index < -0.39 is 0 Å². The SMILES string of the molecule is Cn1c(C#CC2=Cc3ccc(Br)cc3C2)cc2ccc(Br)cc21. The monoisotopic (exact) mass is 425 g/mol. The molecule has 0 saturated heterocycles. The summed E-state index contributed by atoms with van der Waals surface area (Å²) in [6, 6.07) is 14.8. The first-order valence-corrected chi connectivity index (χ1v) is 8.95. The second kappa shape index (κ2) is 5.70. The van der Waals surface area contributed by atoms with Crippen molar-refractivity contribution in [1.29, 1.82) is 0 Å². The summed E-state index contributed by atoms with van der Waals surface area (Å²) in [6.07, 6.45) is 3.10. The average Bonchev–Trinajstić information content (AvgIpc) is 3.06. The maximum Gasteiger partial charge on any atom is 0.0931 e. The van der Waals surface area contributed by atoms with E-state index in [-0.39, 0.29) is 0 Å². The number of aromatic nitrogens is 1. The van der Waals surface area contributed by atoms with Gasteiger partial charge in [-0.1, -0.05) is 49.9 Å². The highest BCUT2D eigenvalue weighted by Gasteiger charge is 2.11. The Balaban J connectivity index is 1.68. The van der Waals surface area contributed by atoms with Crippen LogP contribution in [0.4, 0.5) is 0 Å². The predicted molar refractivity (Wildman–Crippen MR) is 103 cm³/mol. The van der Waals surface area contributed by atoms with Gasteiger partial charge in [0.15, 0.2) is 0 Å². The van der Waals surface area contributed by atoms with E-state index in [1.807, 2.05) is 0 Å². The van der Waals surface area contributed by atoms with Gasteiger partial charge in [0.1, 0.15) is 0 Å². The lowest BCUT2D eigenvalue weighted by Gasteiger charge is -1.98. The smallest absolute Gasteiger partial charge is 0.0931 e. The number of fused-ring (bicyclic) bond motifs is 2. The summed E-state index contributed by atoms with van der Waals surface area (Å²) in [6.45, 7) is 0. The van der Waals surface area contributed by atoms with Crippen LogP contribution in [0.3, 0.4) is 0 Å². The van der Waals surface area contributed by atoms with Crippen LogP contribution < -0.4 is 0 Å². The average molecular weight is 427 g/mol. The van der Waals surface area contributed by atoms with E-state index >= 15 is 0 Å². The van der Waals surface area contributed by atoms with Gasteiger partial charge in [-0.25, -0.2) is 0 Å². The van der Waals surface area contributed by atoms with Gasteiger partial charge < -0.3 is 4.57 Å². The molecule has 2 aromatic carbocycles. The third-order valence-corrected chi connectivity index (χ3v) is 5.16. The van der Waals surface area contributed by atoms with E-state index in [1.165, 1.54) is 27.6 Å².